The van der Waals surface area contributed by atoms with Gasteiger partial charge in [-0.15, -0.1) is 21.5 Å². The van der Waals surface area contributed by atoms with Gasteiger partial charge in [0.05, 0.1) is 11.3 Å². The van der Waals surface area contributed by atoms with Crippen molar-refractivity contribution < 1.29 is 9.53 Å². The summed E-state index contributed by atoms with van der Waals surface area (Å²) < 4.78 is 7.52. The quantitative estimate of drug-likeness (QED) is 0.479. The van der Waals surface area contributed by atoms with Gasteiger partial charge in [0.15, 0.2) is 11.0 Å². The molecule has 0 saturated heterocycles. The lowest BCUT2D eigenvalue weighted by atomic mass is 9.89. The Kier molecular flexibility index (Phi) is 7.04. The highest BCUT2D eigenvalue weighted by molar-refractivity contribution is 7.99. The summed E-state index contributed by atoms with van der Waals surface area (Å²) in [6.07, 6.45) is 2.96. The van der Waals surface area contributed by atoms with Crippen LogP contribution in [-0.4, -0.2) is 26.4 Å². The van der Waals surface area contributed by atoms with Crippen molar-refractivity contribution >= 4 is 45.6 Å². The highest BCUT2D eigenvalue weighted by atomic mass is 35.5. The molecule has 0 bridgehead atoms. The van der Waals surface area contributed by atoms with Crippen molar-refractivity contribution in [2.45, 2.75) is 37.9 Å². The Bertz CT molecular complexity index is 1170. The first-order valence-electron chi connectivity index (χ1n) is 10.2. The second-order valence-corrected chi connectivity index (χ2v) is 10.2. The van der Waals surface area contributed by atoms with Crippen LogP contribution in [0, 0.1) is 17.2 Å². The third-order valence-electron chi connectivity index (χ3n) is 5.32. The molecule has 2 aromatic heterocycles. The minimum Gasteiger partial charge on any atom is -0.486 e. The van der Waals surface area contributed by atoms with E-state index < -0.39 is 0 Å². The number of fused-ring (bicyclic) bond motifs is 1. The summed E-state index contributed by atoms with van der Waals surface area (Å²) >= 11 is 8.71. The average molecular weight is 488 g/mol. The van der Waals surface area contributed by atoms with Gasteiger partial charge in [-0.1, -0.05) is 30.3 Å². The molecule has 1 aliphatic rings. The van der Waals surface area contributed by atoms with Crippen LogP contribution in [0.5, 0.6) is 5.75 Å². The highest BCUT2D eigenvalue weighted by Gasteiger charge is 2.24. The first-order valence-corrected chi connectivity index (χ1v) is 12.4. The number of halogens is 1. The van der Waals surface area contributed by atoms with Crippen LogP contribution in [0.4, 0.5) is 5.00 Å². The van der Waals surface area contributed by atoms with Gasteiger partial charge in [0, 0.05) is 16.9 Å². The van der Waals surface area contributed by atoms with Gasteiger partial charge >= 0.3 is 0 Å². The second-order valence-electron chi connectivity index (χ2n) is 7.70. The molecule has 1 aliphatic carbocycles. The third kappa shape index (κ3) is 5.09. The Hall–Kier alpha value is -2.54. The number of nitrogens with zero attached hydrogens (tertiary/aromatic N) is 4. The van der Waals surface area contributed by atoms with E-state index in [-0.39, 0.29) is 18.3 Å². The van der Waals surface area contributed by atoms with Crippen molar-refractivity contribution in [3.8, 4) is 11.8 Å². The summed E-state index contributed by atoms with van der Waals surface area (Å²) in [4.78, 5) is 13.8. The average Bonchev–Trinajstić information content (AvgIpc) is 3.30. The predicted molar refractivity (Wildman–Crippen MR) is 126 cm³/mol. The minimum atomic E-state index is -0.167. The number of carbonyl (C=O) groups is 1. The van der Waals surface area contributed by atoms with Gasteiger partial charge in [0.1, 0.15) is 23.4 Å². The molecule has 0 fully saturated rings. The maximum absolute atomic E-state index is 12.6. The summed E-state index contributed by atoms with van der Waals surface area (Å²) in [6, 6.07) is 9.38. The Morgan fingerprint density at radius 1 is 1.41 bits per heavy atom. The number of thiophene rings is 1. The molecule has 32 heavy (non-hydrogen) atoms. The summed E-state index contributed by atoms with van der Waals surface area (Å²) in [7, 11) is 1.84. The lowest BCUT2D eigenvalue weighted by Crippen LogP contribution is -2.14. The van der Waals surface area contributed by atoms with E-state index in [1.165, 1.54) is 28.0 Å². The van der Waals surface area contributed by atoms with Gasteiger partial charge in [-0.05, 0) is 55.0 Å². The van der Waals surface area contributed by atoms with E-state index in [1.807, 2.05) is 7.05 Å². The first kappa shape index (κ1) is 22.6. The van der Waals surface area contributed by atoms with Crippen LogP contribution in [0.2, 0.25) is 5.02 Å². The molecular formula is C22H22ClN5O2S2. The zero-order valence-corrected chi connectivity index (χ0v) is 20.1. The number of nitriles is 1. The zero-order valence-electron chi connectivity index (χ0n) is 17.7. The molecule has 0 radical (unpaired) electrons. The molecule has 1 amide bonds. The van der Waals surface area contributed by atoms with Gasteiger partial charge in [0.25, 0.3) is 0 Å². The molecule has 1 unspecified atom stereocenters. The third-order valence-corrected chi connectivity index (χ3v) is 7.76. The van der Waals surface area contributed by atoms with Crippen LogP contribution in [0.15, 0.2) is 29.4 Å². The number of carbonyl (C=O) groups excluding carboxylic acids is 1. The Balaban J connectivity index is 1.34. The Morgan fingerprint density at radius 3 is 2.94 bits per heavy atom. The molecule has 0 saturated carbocycles. The van der Waals surface area contributed by atoms with Crippen molar-refractivity contribution in [1.29, 1.82) is 5.26 Å². The van der Waals surface area contributed by atoms with Crippen LogP contribution >= 0.6 is 34.7 Å². The monoisotopic (exact) mass is 487 g/mol. The summed E-state index contributed by atoms with van der Waals surface area (Å²) in [5.41, 5.74) is 1.73. The maximum Gasteiger partial charge on any atom is 0.235 e. The Morgan fingerprint density at radius 2 is 2.19 bits per heavy atom. The number of hydrogen-bond donors (Lipinski definition) is 1. The lowest BCUT2D eigenvalue weighted by Gasteiger charge is -2.17. The zero-order chi connectivity index (χ0) is 22.7. The molecule has 0 spiro atoms. The predicted octanol–water partition coefficient (Wildman–Crippen LogP) is 4.84. The minimum absolute atomic E-state index is 0.167. The SMILES string of the molecule is CC1CCc2c(sc(NC(=O)CSc3nnc(COc4ccc(Cl)cc4)n3C)c2C#N)C1. The van der Waals surface area contributed by atoms with E-state index in [0.717, 1.165) is 24.8 Å². The molecule has 1 N–H and O–H groups in total. The van der Waals surface area contributed by atoms with Crippen LogP contribution < -0.4 is 10.1 Å². The normalized spacial score (nSPS) is 15.1. The van der Waals surface area contributed by atoms with Crippen LogP contribution in [-0.2, 0) is 31.3 Å². The van der Waals surface area contributed by atoms with Gasteiger partial charge in [-0.3, -0.25) is 4.79 Å². The van der Waals surface area contributed by atoms with E-state index in [4.69, 9.17) is 16.3 Å². The summed E-state index contributed by atoms with van der Waals surface area (Å²) in [5, 5.41) is 22.8. The standard InChI is InChI=1S/C22H22ClN5O2S2/c1-13-3-8-16-17(10-24)21(32-18(16)9-13)25-20(29)12-31-22-27-26-19(28(22)2)11-30-15-6-4-14(23)5-7-15/h4-7,13H,3,8-9,11-12H2,1-2H3,(H,25,29). The number of amides is 1. The maximum atomic E-state index is 12.6. The van der Waals surface area contributed by atoms with Gasteiger partial charge in [-0.25, -0.2) is 0 Å². The molecule has 0 aliphatic heterocycles. The Labute approximate surface area is 199 Å². The van der Waals surface area contributed by atoms with Gasteiger partial charge in [0.2, 0.25) is 5.91 Å². The number of nitrogens with one attached hydrogen (secondary N) is 1. The fourth-order valence-corrected chi connectivity index (χ4v) is 5.76. The van der Waals surface area contributed by atoms with Crippen molar-refractivity contribution in [2.75, 3.05) is 11.1 Å². The van der Waals surface area contributed by atoms with Crippen LogP contribution in [0.25, 0.3) is 0 Å². The summed E-state index contributed by atoms with van der Waals surface area (Å²) in [6.45, 7) is 2.47. The van der Waals surface area contributed by atoms with E-state index in [1.54, 1.807) is 28.8 Å². The smallest absolute Gasteiger partial charge is 0.235 e. The largest absolute Gasteiger partial charge is 0.486 e. The second kappa shape index (κ2) is 9.94. The number of ether oxygens (including phenoxy) is 1. The molecule has 2 heterocycles. The van der Waals surface area contributed by atoms with Crippen molar-refractivity contribution in [1.82, 2.24) is 14.8 Å². The van der Waals surface area contributed by atoms with E-state index in [2.05, 4.69) is 28.5 Å². The van der Waals surface area contributed by atoms with Crippen LogP contribution in [0.3, 0.4) is 0 Å². The number of rotatable bonds is 7. The molecular weight excluding hydrogens is 466 g/mol. The molecule has 166 valence electrons. The van der Waals surface area contributed by atoms with Gasteiger partial charge in [-0.2, -0.15) is 5.26 Å². The van der Waals surface area contributed by atoms with Gasteiger partial charge < -0.3 is 14.6 Å². The summed E-state index contributed by atoms with van der Waals surface area (Å²) in [5.74, 6) is 1.95. The topological polar surface area (TPSA) is 92.8 Å². The molecule has 4 rings (SSSR count). The number of thioether (sulfide) groups is 1. The van der Waals surface area contributed by atoms with Crippen molar-refractivity contribution in [2.24, 2.45) is 13.0 Å². The number of benzene rings is 1. The van der Waals surface area contributed by atoms with E-state index in [0.29, 0.717) is 38.2 Å². The highest BCUT2D eigenvalue weighted by Crippen LogP contribution is 2.39. The fourth-order valence-electron chi connectivity index (χ4n) is 3.53. The fraction of sp³-hybridized carbons (Fsp3) is 0.364. The molecule has 7 nitrogen and oxygen atoms in total. The number of aromatic nitrogens is 3. The molecule has 1 aromatic carbocycles. The number of anilines is 1. The van der Waals surface area contributed by atoms with Crippen molar-refractivity contribution in [3.05, 3.63) is 51.1 Å². The van der Waals surface area contributed by atoms with Crippen LogP contribution in [0.1, 0.15) is 35.2 Å². The van der Waals surface area contributed by atoms with E-state index in [9.17, 15) is 10.1 Å². The molecule has 10 heteroatoms. The molecule has 1 atom stereocenters. The first-order chi connectivity index (χ1) is 15.4. The van der Waals surface area contributed by atoms with Crippen molar-refractivity contribution in [3.63, 3.8) is 0 Å². The van der Waals surface area contributed by atoms with E-state index >= 15 is 0 Å². The lowest BCUT2D eigenvalue weighted by molar-refractivity contribution is -0.113. The molecule has 3 aromatic rings. The number of hydrogen-bond acceptors (Lipinski definition) is 7.